The summed E-state index contributed by atoms with van der Waals surface area (Å²) in [7, 11) is -4.56. The summed E-state index contributed by atoms with van der Waals surface area (Å²) in [5.74, 6) is 1.16. The van der Waals surface area contributed by atoms with Crippen molar-refractivity contribution in [1.82, 2.24) is 9.29 Å². The van der Waals surface area contributed by atoms with Gasteiger partial charge in [0.25, 0.3) is 0 Å². The van der Waals surface area contributed by atoms with Crippen LogP contribution in [-0.4, -0.2) is 59.7 Å². The van der Waals surface area contributed by atoms with E-state index in [0.717, 1.165) is 9.92 Å². The summed E-state index contributed by atoms with van der Waals surface area (Å²) < 4.78 is 43.9. The molecule has 1 aliphatic heterocycles. The molecule has 1 aliphatic rings. The van der Waals surface area contributed by atoms with Crippen LogP contribution in [0.3, 0.4) is 0 Å². The van der Waals surface area contributed by atoms with E-state index in [2.05, 4.69) is 4.98 Å². The van der Waals surface area contributed by atoms with E-state index in [0.29, 0.717) is 37.8 Å². The number of ether oxygens (including phenoxy) is 1. The molecule has 2 heterocycles. The Morgan fingerprint density at radius 1 is 1.12 bits per heavy atom. The summed E-state index contributed by atoms with van der Waals surface area (Å²) in [6.45, 7) is 1.56. The lowest BCUT2D eigenvalue weighted by atomic mass is 10.4. The number of benzene rings is 1. The van der Waals surface area contributed by atoms with Gasteiger partial charge in [0, 0.05) is 35.7 Å². The van der Waals surface area contributed by atoms with Crippen molar-refractivity contribution < 1.29 is 17.4 Å². The minimum atomic E-state index is -3.52. The fourth-order valence-corrected chi connectivity index (χ4v) is 5.94. The van der Waals surface area contributed by atoms with Crippen LogP contribution in [0, 0.1) is 0 Å². The van der Waals surface area contributed by atoms with Crippen molar-refractivity contribution in [3.8, 4) is 0 Å². The molecule has 26 heavy (non-hydrogen) atoms. The van der Waals surface area contributed by atoms with Gasteiger partial charge in [0.2, 0.25) is 10.0 Å². The smallest absolute Gasteiger partial charge is 0.244 e. The molecule has 1 aromatic carbocycles. The van der Waals surface area contributed by atoms with E-state index in [1.165, 1.54) is 22.3 Å². The first kappa shape index (κ1) is 19.5. The number of morpholine rings is 1. The fourth-order valence-electron chi connectivity index (χ4n) is 2.45. The third-order valence-corrected chi connectivity index (χ3v) is 8.30. The van der Waals surface area contributed by atoms with Crippen LogP contribution in [0.4, 0.5) is 0 Å². The Balaban J connectivity index is 1.55. The van der Waals surface area contributed by atoms with Gasteiger partial charge in [-0.2, -0.15) is 4.31 Å². The molecule has 2 aromatic rings. The van der Waals surface area contributed by atoms with Crippen LogP contribution in [0.1, 0.15) is 0 Å². The van der Waals surface area contributed by atoms with Crippen molar-refractivity contribution in [3.05, 3.63) is 48.7 Å². The molecule has 9 heteroatoms. The van der Waals surface area contributed by atoms with Crippen molar-refractivity contribution in [2.75, 3.05) is 37.8 Å². The van der Waals surface area contributed by atoms with Crippen molar-refractivity contribution in [2.45, 2.75) is 14.8 Å². The molecule has 0 amide bonds. The minimum Gasteiger partial charge on any atom is -0.379 e. The van der Waals surface area contributed by atoms with Crippen LogP contribution in [0.25, 0.3) is 0 Å². The number of rotatable bonds is 7. The molecule has 1 fully saturated rings. The Kier molecular flexibility index (Phi) is 6.82. The lowest BCUT2D eigenvalue weighted by Crippen LogP contribution is -2.40. The molecular weight excluding hydrogens is 392 g/mol. The number of nitrogens with zero attached hydrogens (tertiary/aromatic N) is 2. The maximum atomic E-state index is 12.5. The lowest BCUT2D eigenvalue weighted by Gasteiger charge is -2.25. The van der Waals surface area contributed by atoms with Crippen LogP contribution < -0.4 is 0 Å². The molecule has 140 valence electrons. The topological polar surface area (TPSA) is 76.6 Å². The summed E-state index contributed by atoms with van der Waals surface area (Å²) in [5, 5.41) is 0.719. The van der Waals surface area contributed by atoms with Gasteiger partial charge in [-0.1, -0.05) is 18.2 Å². The molecule has 3 rings (SSSR count). The van der Waals surface area contributed by atoms with Crippen molar-refractivity contribution in [2.24, 2.45) is 0 Å². The van der Waals surface area contributed by atoms with Crippen LogP contribution in [0.2, 0.25) is 0 Å². The summed E-state index contributed by atoms with van der Waals surface area (Å²) in [6.07, 6.45) is 1.39. The van der Waals surface area contributed by atoms with Crippen LogP contribution in [0.15, 0.2) is 63.5 Å². The van der Waals surface area contributed by atoms with Crippen molar-refractivity contribution in [1.29, 1.82) is 0 Å². The zero-order valence-corrected chi connectivity index (χ0v) is 16.6. The fraction of sp³-hybridized carbons (Fsp3) is 0.353. The molecule has 6 nitrogen and oxygen atoms in total. The van der Waals surface area contributed by atoms with Gasteiger partial charge in [-0.05, 0) is 24.3 Å². The highest BCUT2D eigenvalue weighted by Gasteiger charge is 2.26. The highest BCUT2D eigenvalue weighted by Crippen LogP contribution is 2.21. The maximum absolute atomic E-state index is 12.5. The van der Waals surface area contributed by atoms with Gasteiger partial charge in [0.05, 0.1) is 29.0 Å². The standard InChI is InChI=1S/C17H20N2O4S3/c20-25(15-4-2-1-3-5-15)13-12-24-17-7-6-16(14-18-17)26(21,22)19-8-10-23-11-9-19/h1-7,14H,8-13H2/t25-/m1/s1. The van der Waals surface area contributed by atoms with Gasteiger partial charge in [-0.3, -0.25) is 4.21 Å². The second-order valence-corrected chi connectivity index (χ2v) is 10.2. The van der Waals surface area contributed by atoms with Crippen LogP contribution >= 0.6 is 11.8 Å². The van der Waals surface area contributed by atoms with Gasteiger partial charge >= 0.3 is 0 Å². The average Bonchev–Trinajstić information content (AvgIpc) is 2.69. The summed E-state index contributed by atoms with van der Waals surface area (Å²) in [5.41, 5.74) is 0. The van der Waals surface area contributed by atoms with Crippen molar-refractivity contribution >= 4 is 32.6 Å². The first-order chi connectivity index (χ1) is 12.6. The Labute approximate surface area is 160 Å². The number of thioether (sulfide) groups is 1. The number of sulfonamides is 1. The Morgan fingerprint density at radius 3 is 2.50 bits per heavy atom. The third kappa shape index (κ3) is 4.92. The molecule has 1 saturated heterocycles. The monoisotopic (exact) mass is 412 g/mol. The van der Waals surface area contributed by atoms with Gasteiger partial charge in [-0.15, -0.1) is 11.8 Å². The highest BCUT2D eigenvalue weighted by atomic mass is 32.2. The van der Waals surface area contributed by atoms with Crippen molar-refractivity contribution in [3.63, 3.8) is 0 Å². The molecule has 0 aliphatic carbocycles. The molecule has 0 spiro atoms. The van der Waals surface area contributed by atoms with E-state index < -0.39 is 20.8 Å². The summed E-state index contributed by atoms with van der Waals surface area (Å²) in [4.78, 5) is 5.24. The SMILES string of the molecule is O=[S@](CCSc1ccc(S(=O)(=O)N2CCOCC2)cn1)c1ccccc1. The molecule has 0 N–H and O–H groups in total. The summed E-state index contributed by atoms with van der Waals surface area (Å²) >= 11 is 1.47. The van der Waals surface area contributed by atoms with E-state index >= 15 is 0 Å². The number of hydrogen-bond acceptors (Lipinski definition) is 6. The molecule has 0 unspecified atom stereocenters. The molecule has 1 atom stereocenters. The average molecular weight is 413 g/mol. The van der Waals surface area contributed by atoms with Gasteiger partial charge in [0.1, 0.15) is 4.90 Å². The molecule has 0 saturated carbocycles. The van der Waals surface area contributed by atoms with E-state index in [1.807, 2.05) is 30.3 Å². The first-order valence-corrected chi connectivity index (χ1v) is 11.9. The Hall–Kier alpha value is -1.26. The van der Waals surface area contributed by atoms with E-state index in [-0.39, 0.29) is 4.90 Å². The quantitative estimate of drug-likeness (QED) is 0.648. The zero-order valence-electron chi connectivity index (χ0n) is 14.1. The van der Waals surface area contributed by atoms with Crippen LogP contribution in [0.5, 0.6) is 0 Å². The third-order valence-electron chi connectivity index (χ3n) is 3.84. The molecule has 0 bridgehead atoms. The molecular formula is C17H20N2O4S3. The lowest BCUT2D eigenvalue weighted by molar-refractivity contribution is 0.0730. The maximum Gasteiger partial charge on any atom is 0.244 e. The molecule has 0 radical (unpaired) electrons. The van der Waals surface area contributed by atoms with Gasteiger partial charge in [0.15, 0.2) is 0 Å². The first-order valence-electron chi connectivity index (χ1n) is 8.17. The number of aromatic nitrogens is 1. The summed E-state index contributed by atoms with van der Waals surface area (Å²) in [6, 6.07) is 12.6. The van der Waals surface area contributed by atoms with Gasteiger partial charge in [-0.25, -0.2) is 13.4 Å². The zero-order chi connectivity index (χ0) is 18.4. The Bertz CT molecular complexity index is 836. The van der Waals surface area contributed by atoms with E-state index in [9.17, 15) is 12.6 Å². The van der Waals surface area contributed by atoms with Crippen LogP contribution in [-0.2, 0) is 25.6 Å². The number of hydrogen-bond donors (Lipinski definition) is 0. The second-order valence-electron chi connectivity index (χ2n) is 5.56. The normalized spacial score (nSPS) is 17.1. The minimum absolute atomic E-state index is 0.191. The second kappa shape index (κ2) is 9.09. The predicted molar refractivity (Wildman–Crippen MR) is 102 cm³/mol. The molecule has 1 aromatic heterocycles. The predicted octanol–water partition coefficient (Wildman–Crippen LogP) is 2.00. The Morgan fingerprint density at radius 2 is 1.85 bits per heavy atom. The van der Waals surface area contributed by atoms with Gasteiger partial charge < -0.3 is 4.74 Å². The van der Waals surface area contributed by atoms with E-state index in [1.54, 1.807) is 12.1 Å². The number of pyridine rings is 1. The van der Waals surface area contributed by atoms with E-state index in [4.69, 9.17) is 4.74 Å². The largest absolute Gasteiger partial charge is 0.379 e. The highest BCUT2D eigenvalue weighted by molar-refractivity contribution is 8.00.